The van der Waals surface area contributed by atoms with Crippen LogP contribution in [0.1, 0.15) is 36.8 Å². The van der Waals surface area contributed by atoms with Gasteiger partial charge in [-0.3, -0.25) is 0 Å². The number of halogens is 1. The van der Waals surface area contributed by atoms with Gasteiger partial charge in [0.05, 0.1) is 5.60 Å². The van der Waals surface area contributed by atoms with E-state index >= 15 is 0 Å². The van der Waals surface area contributed by atoms with Gasteiger partial charge in [0, 0.05) is 6.42 Å². The number of aliphatic hydroxyl groups is 1. The van der Waals surface area contributed by atoms with Crippen molar-refractivity contribution >= 4 is 0 Å². The van der Waals surface area contributed by atoms with Gasteiger partial charge in [-0.2, -0.15) is 0 Å². The number of aryl methyl sites for hydroxylation is 1. The van der Waals surface area contributed by atoms with Crippen LogP contribution in [0.15, 0.2) is 18.2 Å². The Kier molecular flexibility index (Phi) is 2.51. The zero-order valence-electron chi connectivity index (χ0n) is 10.2. The molecule has 17 heavy (non-hydrogen) atoms. The second-order valence-electron chi connectivity index (χ2n) is 5.93. The molecule has 2 saturated carbocycles. The lowest BCUT2D eigenvalue weighted by atomic mass is 9.79. The highest BCUT2D eigenvalue weighted by atomic mass is 19.1. The molecule has 2 heteroatoms. The van der Waals surface area contributed by atoms with Crippen LogP contribution in [0.2, 0.25) is 0 Å². The second-order valence-corrected chi connectivity index (χ2v) is 5.93. The molecule has 1 N–H and O–H groups in total. The third-order valence-corrected chi connectivity index (χ3v) is 4.74. The van der Waals surface area contributed by atoms with Crippen molar-refractivity contribution in [3.8, 4) is 0 Å². The first-order valence-corrected chi connectivity index (χ1v) is 6.54. The lowest BCUT2D eigenvalue weighted by Gasteiger charge is -2.33. The Balaban J connectivity index is 1.83. The first-order chi connectivity index (χ1) is 8.07. The minimum Gasteiger partial charge on any atom is -0.389 e. The summed E-state index contributed by atoms with van der Waals surface area (Å²) in [6.45, 7) is 1.93. The number of hydrogen-bond donors (Lipinski definition) is 1. The van der Waals surface area contributed by atoms with Crippen molar-refractivity contribution in [1.29, 1.82) is 0 Å². The Labute approximate surface area is 102 Å². The van der Waals surface area contributed by atoms with Gasteiger partial charge >= 0.3 is 0 Å². The maximum Gasteiger partial charge on any atom is 0.123 e. The third kappa shape index (κ3) is 1.89. The molecule has 0 amide bonds. The van der Waals surface area contributed by atoms with Crippen molar-refractivity contribution in [2.45, 2.75) is 44.6 Å². The maximum absolute atomic E-state index is 13.0. The van der Waals surface area contributed by atoms with Crippen molar-refractivity contribution in [3.05, 3.63) is 35.1 Å². The predicted molar refractivity (Wildman–Crippen MR) is 65.2 cm³/mol. The van der Waals surface area contributed by atoms with E-state index in [0.717, 1.165) is 23.5 Å². The SMILES string of the molecule is Cc1cc(F)ccc1CC1(O)CC2CCC1C2. The number of rotatable bonds is 2. The van der Waals surface area contributed by atoms with Crippen LogP contribution in [0.3, 0.4) is 0 Å². The molecule has 2 aliphatic carbocycles. The molecule has 1 aromatic carbocycles. The molecule has 3 unspecified atom stereocenters. The van der Waals surface area contributed by atoms with Gasteiger partial charge in [0.2, 0.25) is 0 Å². The zero-order valence-corrected chi connectivity index (χ0v) is 10.2. The largest absolute Gasteiger partial charge is 0.389 e. The monoisotopic (exact) mass is 234 g/mol. The fourth-order valence-electron chi connectivity index (χ4n) is 3.82. The molecule has 3 atom stereocenters. The van der Waals surface area contributed by atoms with E-state index < -0.39 is 5.60 Å². The Morgan fingerprint density at radius 3 is 2.82 bits per heavy atom. The van der Waals surface area contributed by atoms with E-state index in [-0.39, 0.29) is 5.82 Å². The molecule has 0 heterocycles. The lowest BCUT2D eigenvalue weighted by molar-refractivity contribution is -0.0126. The molecular formula is C15H19FO. The molecule has 0 radical (unpaired) electrons. The van der Waals surface area contributed by atoms with Crippen molar-refractivity contribution in [3.63, 3.8) is 0 Å². The van der Waals surface area contributed by atoms with Gasteiger partial charge in [-0.15, -0.1) is 0 Å². The van der Waals surface area contributed by atoms with Crippen LogP contribution in [0.25, 0.3) is 0 Å². The molecule has 92 valence electrons. The molecule has 1 nitrogen and oxygen atoms in total. The summed E-state index contributed by atoms with van der Waals surface area (Å²) in [5.41, 5.74) is 1.54. The van der Waals surface area contributed by atoms with Gasteiger partial charge in [0.25, 0.3) is 0 Å². The van der Waals surface area contributed by atoms with E-state index in [0.29, 0.717) is 12.3 Å². The number of benzene rings is 1. The summed E-state index contributed by atoms with van der Waals surface area (Å²) in [4.78, 5) is 0. The summed E-state index contributed by atoms with van der Waals surface area (Å²) in [5.74, 6) is 1.01. The van der Waals surface area contributed by atoms with Crippen LogP contribution >= 0.6 is 0 Å². The van der Waals surface area contributed by atoms with Gasteiger partial charge in [0.1, 0.15) is 5.82 Å². The summed E-state index contributed by atoms with van der Waals surface area (Å²) in [6.07, 6.45) is 5.28. The molecule has 0 spiro atoms. The number of fused-ring (bicyclic) bond motifs is 2. The molecule has 0 saturated heterocycles. The molecule has 2 bridgehead atoms. The summed E-state index contributed by atoms with van der Waals surface area (Å²) in [5, 5.41) is 10.7. The smallest absolute Gasteiger partial charge is 0.123 e. The normalized spacial score (nSPS) is 35.5. The highest BCUT2D eigenvalue weighted by Gasteiger charge is 2.49. The van der Waals surface area contributed by atoms with E-state index in [1.165, 1.54) is 25.3 Å². The fraction of sp³-hybridized carbons (Fsp3) is 0.600. The van der Waals surface area contributed by atoms with Crippen molar-refractivity contribution in [2.75, 3.05) is 0 Å². The Hall–Kier alpha value is -0.890. The van der Waals surface area contributed by atoms with E-state index in [9.17, 15) is 9.50 Å². The van der Waals surface area contributed by atoms with Gasteiger partial charge in [-0.05, 0) is 67.7 Å². The van der Waals surface area contributed by atoms with Gasteiger partial charge in [0.15, 0.2) is 0 Å². The third-order valence-electron chi connectivity index (χ3n) is 4.74. The minimum absolute atomic E-state index is 0.189. The predicted octanol–water partition coefficient (Wildman–Crippen LogP) is 3.23. The van der Waals surface area contributed by atoms with E-state index in [4.69, 9.17) is 0 Å². The van der Waals surface area contributed by atoms with Crippen LogP contribution in [0.5, 0.6) is 0 Å². The van der Waals surface area contributed by atoms with E-state index in [1.54, 1.807) is 6.07 Å². The summed E-state index contributed by atoms with van der Waals surface area (Å²) in [6, 6.07) is 4.89. The molecule has 2 aliphatic rings. The average Bonchev–Trinajstić information content (AvgIpc) is 2.82. The molecule has 0 aromatic heterocycles. The van der Waals surface area contributed by atoms with Crippen LogP contribution in [-0.4, -0.2) is 10.7 Å². The Morgan fingerprint density at radius 2 is 2.24 bits per heavy atom. The first-order valence-electron chi connectivity index (χ1n) is 6.54. The van der Waals surface area contributed by atoms with Crippen LogP contribution in [-0.2, 0) is 6.42 Å². The summed E-state index contributed by atoms with van der Waals surface area (Å²) >= 11 is 0. The van der Waals surface area contributed by atoms with Crippen LogP contribution in [0, 0.1) is 24.6 Å². The number of hydrogen-bond acceptors (Lipinski definition) is 1. The summed E-state index contributed by atoms with van der Waals surface area (Å²) in [7, 11) is 0. The molecule has 2 fully saturated rings. The minimum atomic E-state index is -0.522. The molecule has 1 aromatic rings. The standard InChI is InChI=1S/C15H19FO/c1-10-6-14(16)5-3-12(10)9-15(17)8-11-2-4-13(15)7-11/h3,5-6,11,13,17H,2,4,7-9H2,1H3. The highest BCUT2D eigenvalue weighted by Crippen LogP contribution is 2.52. The molecule has 0 aliphatic heterocycles. The quantitative estimate of drug-likeness (QED) is 0.833. The zero-order chi connectivity index (χ0) is 12.0. The molecule has 3 rings (SSSR count). The topological polar surface area (TPSA) is 20.2 Å². The Morgan fingerprint density at radius 1 is 1.41 bits per heavy atom. The van der Waals surface area contributed by atoms with Crippen molar-refractivity contribution in [1.82, 2.24) is 0 Å². The van der Waals surface area contributed by atoms with Crippen LogP contribution < -0.4 is 0 Å². The average molecular weight is 234 g/mol. The van der Waals surface area contributed by atoms with Crippen molar-refractivity contribution in [2.24, 2.45) is 11.8 Å². The lowest BCUT2D eigenvalue weighted by Crippen LogP contribution is -2.37. The van der Waals surface area contributed by atoms with Crippen LogP contribution in [0.4, 0.5) is 4.39 Å². The molecular weight excluding hydrogens is 215 g/mol. The first kappa shape index (κ1) is 11.2. The van der Waals surface area contributed by atoms with Gasteiger partial charge < -0.3 is 5.11 Å². The van der Waals surface area contributed by atoms with E-state index in [2.05, 4.69) is 0 Å². The van der Waals surface area contributed by atoms with Gasteiger partial charge in [-0.25, -0.2) is 4.39 Å². The second kappa shape index (κ2) is 3.81. The maximum atomic E-state index is 13.0. The van der Waals surface area contributed by atoms with E-state index in [1.807, 2.05) is 13.0 Å². The summed E-state index contributed by atoms with van der Waals surface area (Å²) < 4.78 is 13.0. The van der Waals surface area contributed by atoms with Crippen molar-refractivity contribution < 1.29 is 9.50 Å². The highest BCUT2D eigenvalue weighted by molar-refractivity contribution is 5.29. The van der Waals surface area contributed by atoms with Gasteiger partial charge in [-0.1, -0.05) is 6.07 Å². The Bertz CT molecular complexity index is 443. The fourth-order valence-corrected chi connectivity index (χ4v) is 3.82.